The molecular weight excluding hydrogens is 498 g/mol. The highest BCUT2D eigenvalue weighted by Crippen LogP contribution is 2.30. The molecule has 0 aliphatic carbocycles. The molecule has 3 rings (SSSR count). The van der Waals surface area contributed by atoms with Gasteiger partial charge in [0.05, 0.1) is 13.2 Å². The topological polar surface area (TPSA) is 60.8 Å². The van der Waals surface area contributed by atoms with Gasteiger partial charge in [0.15, 0.2) is 11.6 Å². The minimum absolute atomic E-state index is 0.114. The van der Waals surface area contributed by atoms with Crippen LogP contribution in [0.3, 0.4) is 0 Å². The van der Waals surface area contributed by atoms with E-state index in [1.807, 2.05) is 0 Å². The lowest BCUT2D eigenvalue weighted by atomic mass is 10.1. The largest absolute Gasteiger partial charge is 0.453 e. The predicted octanol–water partition coefficient (Wildman–Crippen LogP) is 4.76. The van der Waals surface area contributed by atoms with Crippen molar-refractivity contribution in [1.82, 2.24) is 9.47 Å². The number of benzene rings is 2. The fourth-order valence-electron chi connectivity index (χ4n) is 3.15. The number of aromatic nitrogens is 1. The summed E-state index contributed by atoms with van der Waals surface area (Å²) in [7, 11) is 3.28. The van der Waals surface area contributed by atoms with Crippen molar-refractivity contribution in [3.05, 3.63) is 91.8 Å². The number of amides is 1. The van der Waals surface area contributed by atoms with Crippen LogP contribution < -0.4 is 10.3 Å². The Balaban J connectivity index is 1.79. The Morgan fingerprint density at radius 2 is 1.79 bits per heavy atom. The number of carbonyl (C=O) groups is 1. The van der Waals surface area contributed by atoms with Gasteiger partial charge in [0.1, 0.15) is 16.0 Å². The van der Waals surface area contributed by atoms with Crippen LogP contribution in [0, 0.1) is 18.6 Å². The zero-order chi connectivity index (χ0) is 24.1. The summed E-state index contributed by atoms with van der Waals surface area (Å²) in [6, 6.07) is 11.5. The first kappa shape index (κ1) is 24.6. The number of methoxy groups -OCH3 is 1. The molecule has 1 heterocycles. The molecule has 0 atom stereocenters. The second-order valence-electron chi connectivity index (χ2n) is 7.45. The van der Waals surface area contributed by atoms with E-state index in [4.69, 9.17) is 9.47 Å². The van der Waals surface area contributed by atoms with Gasteiger partial charge in [0.25, 0.3) is 11.5 Å². The van der Waals surface area contributed by atoms with E-state index in [1.54, 1.807) is 56.3 Å². The second kappa shape index (κ2) is 10.7. The Morgan fingerprint density at radius 1 is 1.09 bits per heavy atom. The van der Waals surface area contributed by atoms with Gasteiger partial charge in [-0.25, -0.2) is 8.78 Å². The monoisotopic (exact) mass is 520 g/mol. The summed E-state index contributed by atoms with van der Waals surface area (Å²) in [6.45, 7) is 2.92. The zero-order valence-electron chi connectivity index (χ0n) is 18.4. The van der Waals surface area contributed by atoms with Crippen molar-refractivity contribution in [1.29, 1.82) is 0 Å². The van der Waals surface area contributed by atoms with Crippen molar-refractivity contribution < 1.29 is 23.0 Å². The quantitative estimate of drug-likeness (QED) is 0.429. The van der Waals surface area contributed by atoms with E-state index >= 15 is 0 Å². The van der Waals surface area contributed by atoms with Gasteiger partial charge in [0, 0.05) is 44.1 Å². The molecule has 3 aromatic rings. The van der Waals surface area contributed by atoms with Crippen LogP contribution >= 0.6 is 15.9 Å². The predicted molar refractivity (Wildman–Crippen MR) is 124 cm³/mol. The van der Waals surface area contributed by atoms with Crippen LogP contribution in [0.1, 0.15) is 21.6 Å². The first-order valence-electron chi connectivity index (χ1n) is 10.1. The summed E-state index contributed by atoms with van der Waals surface area (Å²) in [6.07, 6.45) is 0. The highest BCUT2D eigenvalue weighted by Gasteiger charge is 2.16. The maximum Gasteiger partial charge on any atom is 0.269 e. The van der Waals surface area contributed by atoms with Crippen molar-refractivity contribution in [2.45, 2.75) is 13.5 Å². The molecule has 0 radical (unpaired) electrons. The van der Waals surface area contributed by atoms with Gasteiger partial charge in [-0.05, 0) is 52.7 Å². The van der Waals surface area contributed by atoms with Crippen LogP contribution in [-0.2, 0) is 11.3 Å². The summed E-state index contributed by atoms with van der Waals surface area (Å²) in [5, 5.41) is 0. The number of aryl methyl sites for hydroxylation is 1. The maximum atomic E-state index is 13.9. The van der Waals surface area contributed by atoms with E-state index < -0.39 is 11.6 Å². The molecular formula is C24H23BrF2N2O4. The van der Waals surface area contributed by atoms with Gasteiger partial charge in [-0.2, -0.15) is 0 Å². The summed E-state index contributed by atoms with van der Waals surface area (Å²) in [5.74, 6) is -1.78. The lowest BCUT2D eigenvalue weighted by Crippen LogP contribution is -2.30. The third-order valence-electron chi connectivity index (χ3n) is 5.05. The fourth-order valence-corrected chi connectivity index (χ4v) is 3.56. The van der Waals surface area contributed by atoms with E-state index in [9.17, 15) is 18.4 Å². The van der Waals surface area contributed by atoms with Crippen LogP contribution in [0.4, 0.5) is 8.78 Å². The molecule has 0 saturated carbocycles. The molecule has 6 nitrogen and oxygen atoms in total. The number of likely N-dealkylation sites (N-methyl/N-ethyl adjacent to an activating group) is 1. The average Bonchev–Trinajstić information content (AvgIpc) is 2.80. The number of pyridine rings is 1. The first-order valence-corrected chi connectivity index (χ1v) is 10.9. The van der Waals surface area contributed by atoms with E-state index in [2.05, 4.69) is 15.9 Å². The molecule has 0 bridgehead atoms. The molecule has 174 valence electrons. The highest BCUT2D eigenvalue weighted by molar-refractivity contribution is 9.10. The molecule has 1 aromatic heterocycles. The van der Waals surface area contributed by atoms with Crippen molar-refractivity contribution in [2.75, 3.05) is 27.3 Å². The van der Waals surface area contributed by atoms with Crippen molar-refractivity contribution in [3.8, 4) is 11.5 Å². The van der Waals surface area contributed by atoms with Gasteiger partial charge in [-0.3, -0.25) is 9.59 Å². The Morgan fingerprint density at radius 3 is 2.42 bits per heavy atom. The van der Waals surface area contributed by atoms with E-state index in [0.717, 1.165) is 17.7 Å². The normalized spacial score (nSPS) is 10.8. The number of carbonyl (C=O) groups excluding carboxylic acids is 1. The minimum atomic E-state index is -0.869. The fraction of sp³-hybridized carbons (Fsp3) is 0.250. The summed E-state index contributed by atoms with van der Waals surface area (Å²) in [5.41, 5.74) is 1.57. The molecule has 1 amide bonds. The van der Waals surface area contributed by atoms with Gasteiger partial charge in [0.2, 0.25) is 0 Å². The third-order valence-corrected chi connectivity index (χ3v) is 5.78. The molecule has 0 aliphatic rings. The van der Waals surface area contributed by atoms with Crippen LogP contribution in [0.15, 0.2) is 57.8 Å². The average molecular weight is 521 g/mol. The SMILES string of the molecule is COCCN(C)C(=O)c1ccc(Cn2c(C)cc(Oc3ccc(F)cc3F)c(Br)c2=O)cc1. The Bertz CT molecular complexity index is 1210. The number of ether oxygens (including phenoxy) is 2. The van der Waals surface area contributed by atoms with Crippen LogP contribution in [0.5, 0.6) is 11.5 Å². The smallest absolute Gasteiger partial charge is 0.269 e. The standard InChI is InChI=1S/C24H23BrF2N2O4/c1-15-12-21(33-20-9-8-18(26)13-19(20)27)22(25)24(31)29(15)14-16-4-6-17(7-5-16)23(30)28(2)10-11-32-3/h4-9,12-13H,10-11,14H2,1-3H3. The summed E-state index contributed by atoms with van der Waals surface area (Å²) >= 11 is 3.23. The van der Waals surface area contributed by atoms with Crippen LogP contribution in [0.25, 0.3) is 0 Å². The van der Waals surface area contributed by atoms with Crippen molar-refractivity contribution in [3.63, 3.8) is 0 Å². The third kappa shape index (κ3) is 5.85. The van der Waals surface area contributed by atoms with Crippen LogP contribution in [0.2, 0.25) is 0 Å². The van der Waals surface area contributed by atoms with Gasteiger partial charge in [-0.15, -0.1) is 0 Å². The summed E-state index contributed by atoms with van der Waals surface area (Å²) in [4.78, 5) is 26.9. The van der Waals surface area contributed by atoms with Crippen molar-refractivity contribution in [2.24, 2.45) is 0 Å². The molecule has 0 aliphatic heterocycles. The molecule has 9 heteroatoms. The van der Waals surface area contributed by atoms with Crippen LogP contribution in [-0.4, -0.2) is 42.7 Å². The molecule has 33 heavy (non-hydrogen) atoms. The lowest BCUT2D eigenvalue weighted by molar-refractivity contribution is 0.0744. The summed E-state index contributed by atoms with van der Waals surface area (Å²) < 4.78 is 39.2. The molecule has 0 saturated heterocycles. The second-order valence-corrected chi connectivity index (χ2v) is 8.24. The lowest BCUT2D eigenvalue weighted by Gasteiger charge is -2.17. The zero-order valence-corrected chi connectivity index (χ0v) is 20.0. The van der Waals surface area contributed by atoms with Gasteiger partial charge in [-0.1, -0.05) is 12.1 Å². The van der Waals surface area contributed by atoms with Gasteiger partial charge >= 0.3 is 0 Å². The molecule has 2 aromatic carbocycles. The highest BCUT2D eigenvalue weighted by atomic mass is 79.9. The number of hydrogen-bond donors (Lipinski definition) is 0. The number of rotatable bonds is 8. The van der Waals surface area contributed by atoms with Crippen molar-refractivity contribution >= 4 is 21.8 Å². The molecule has 0 fully saturated rings. The molecule has 0 unspecified atom stereocenters. The maximum absolute atomic E-state index is 13.9. The van der Waals surface area contributed by atoms with E-state index in [-0.39, 0.29) is 34.0 Å². The Labute approximate surface area is 198 Å². The molecule has 0 spiro atoms. The number of halogens is 3. The minimum Gasteiger partial charge on any atom is -0.453 e. The Hall–Kier alpha value is -3.04. The number of hydrogen-bond acceptors (Lipinski definition) is 4. The van der Waals surface area contributed by atoms with E-state index in [0.29, 0.717) is 30.5 Å². The number of nitrogens with zero attached hydrogens (tertiary/aromatic N) is 2. The first-order chi connectivity index (χ1) is 15.7. The molecule has 0 N–H and O–H groups in total. The Kier molecular flexibility index (Phi) is 7.99. The van der Waals surface area contributed by atoms with Gasteiger partial charge < -0.3 is 18.9 Å². The van der Waals surface area contributed by atoms with E-state index in [1.165, 1.54) is 4.57 Å².